The van der Waals surface area contributed by atoms with Gasteiger partial charge in [-0.15, -0.1) is 0 Å². The summed E-state index contributed by atoms with van der Waals surface area (Å²) in [5.74, 6) is 0.996. The second kappa shape index (κ2) is 4.84. The summed E-state index contributed by atoms with van der Waals surface area (Å²) in [6.07, 6.45) is 0. The summed E-state index contributed by atoms with van der Waals surface area (Å²) >= 11 is 0. The number of carbonyl (C=O) groups is 1. The number of hydrogen-bond acceptors (Lipinski definition) is 5. The topological polar surface area (TPSA) is 74.2 Å². The number of ether oxygens (including phenoxy) is 4. The van der Waals surface area contributed by atoms with Crippen LogP contribution in [0.4, 0.5) is 0 Å². The van der Waals surface area contributed by atoms with E-state index in [1.54, 1.807) is 18.2 Å². The molecule has 1 N–H and O–H groups in total. The molecular weight excluding hydrogens is 288 g/mol. The third-order valence-electron chi connectivity index (χ3n) is 3.58. The van der Waals surface area contributed by atoms with Crippen molar-refractivity contribution in [2.24, 2.45) is 0 Å². The van der Waals surface area contributed by atoms with Crippen molar-refractivity contribution in [2.45, 2.75) is 0 Å². The Morgan fingerprint density at radius 1 is 0.864 bits per heavy atom. The van der Waals surface area contributed by atoms with E-state index in [0.717, 1.165) is 11.1 Å². The van der Waals surface area contributed by atoms with E-state index in [1.807, 2.05) is 12.1 Å². The van der Waals surface area contributed by atoms with Crippen molar-refractivity contribution in [3.8, 4) is 34.1 Å². The Bertz CT molecular complexity index is 767. The minimum atomic E-state index is -1.05. The van der Waals surface area contributed by atoms with Crippen LogP contribution in [0.15, 0.2) is 30.3 Å². The van der Waals surface area contributed by atoms with Gasteiger partial charge < -0.3 is 24.1 Å². The van der Waals surface area contributed by atoms with Crippen LogP contribution in [-0.2, 0) is 0 Å². The Labute approximate surface area is 125 Å². The molecule has 0 atom stereocenters. The maximum atomic E-state index is 11.5. The lowest BCUT2D eigenvalue weighted by Gasteiger charge is -2.21. The third-order valence-corrected chi connectivity index (χ3v) is 3.58. The summed E-state index contributed by atoms with van der Waals surface area (Å²) in [6, 6.07) is 8.82. The van der Waals surface area contributed by atoms with Crippen LogP contribution in [0.5, 0.6) is 23.0 Å². The van der Waals surface area contributed by atoms with E-state index in [4.69, 9.17) is 18.9 Å². The number of carboxylic acids is 1. The highest BCUT2D eigenvalue weighted by Gasteiger charge is 2.23. The van der Waals surface area contributed by atoms with Crippen molar-refractivity contribution in [2.75, 3.05) is 20.0 Å². The van der Waals surface area contributed by atoms with Crippen molar-refractivity contribution in [3.05, 3.63) is 35.9 Å². The zero-order valence-corrected chi connectivity index (χ0v) is 11.5. The number of rotatable bonds is 2. The summed E-state index contributed by atoms with van der Waals surface area (Å²) in [4.78, 5) is 11.5. The molecule has 0 aliphatic carbocycles. The molecule has 112 valence electrons. The van der Waals surface area contributed by atoms with Crippen LogP contribution in [0.3, 0.4) is 0 Å². The highest BCUT2D eigenvalue weighted by atomic mass is 16.7. The number of aromatic carboxylic acids is 1. The molecule has 0 radical (unpaired) electrons. The fraction of sp³-hybridized carbons (Fsp3) is 0.188. The zero-order valence-electron chi connectivity index (χ0n) is 11.5. The van der Waals surface area contributed by atoms with Crippen molar-refractivity contribution in [1.29, 1.82) is 0 Å². The first-order valence-corrected chi connectivity index (χ1v) is 6.79. The van der Waals surface area contributed by atoms with Gasteiger partial charge in [-0.2, -0.15) is 0 Å². The van der Waals surface area contributed by atoms with Crippen LogP contribution in [-0.4, -0.2) is 31.1 Å². The summed E-state index contributed by atoms with van der Waals surface area (Å²) in [7, 11) is 0. The summed E-state index contributed by atoms with van der Waals surface area (Å²) in [5.41, 5.74) is 1.63. The van der Waals surface area contributed by atoms with E-state index >= 15 is 0 Å². The largest absolute Gasteiger partial charge is 0.486 e. The van der Waals surface area contributed by atoms with Crippen LogP contribution < -0.4 is 18.9 Å². The Morgan fingerprint density at radius 3 is 2.50 bits per heavy atom. The molecule has 0 unspecified atom stereocenters. The van der Waals surface area contributed by atoms with E-state index in [0.29, 0.717) is 30.5 Å². The van der Waals surface area contributed by atoms with Gasteiger partial charge in [0.25, 0.3) is 0 Å². The molecule has 0 bridgehead atoms. The molecule has 0 saturated carbocycles. The number of fused-ring (bicyclic) bond motifs is 2. The van der Waals surface area contributed by atoms with E-state index in [2.05, 4.69) is 0 Å². The number of carboxylic acid groups (broad SMARTS) is 1. The fourth-order valence-corrected chi connectivity index (χ4v) is 2.56. The highest BCUT2D eigenvalue weighted by Crippen LogP contribution is 2.41. The van der Waals surface area contributed by atoms with Crippen molar-refractivity contribution in [3.63, 3.8) is 0 Å². The van der Waals surface area contributed by atoms with Gasteiger partial charge in [0.05, 0.1) is 0 Å². The molecule has 6 nitrogen and oxygen atoms in total. The number of benzene rings is 2. The van der Waals surface area contributed by atoms with Crippen LogP contribution in [0, 0.1) is 0 Å². The molecule has 0 saturated heterocycles. The van der Waals surface area contributed by atoms with E-state index < -0.39 is 5.97 Å². The molecular formula is C16H12O6. The van der Waals surface area contributed by atoms with E-state index in [9.17, 15) is 9.90 Å². The van der Waals surface area contributed by atoms with Crippen molar-refractivity contribution >= 4 is 5.97 Å². The van der Waals surface area contributed by atoms with Crippen molar-refractivity contribution in [1.82, 2.24) is 0 Å². The van der Waals surface area contributed by atoms with Gasteiger partial charge in [-0.05, 0) is 35.4 Å². The predicted molar refractivity (Wildman–Crippen MR) is 76.0 cm³/mol. The van der Waals surface area contributed by atoms with Gasteiger partial charge in [0.2, 0.25) is 6.79 Å². The molecule has 2 aromatic rings. The van der Waals surface area contributed by atoms with Crippen LogP contribution in [0.2, 0.25) is 0 Å². The first-order chi connectivity index (χ1) is 10.7. The lowest BCUT2D eigenvalue weighted by molar-refractivity contribution is 0.0686. The van der Waals surface area contributed by atoms with Gasteiger partial charge in [-0.3, -0.25) is 0 Å². The van der Waals surface area contributed by atoms with E-state index in [-0.39, 0.29) is 18.1 Å². The van der Waals surface area contributed by atoms with E-state index in [1.165, 1.54) is 0 Å². The zero-order chi connectivity index (χ0) is 15.1. The summed E-state index contributed by atoms with van der Waals surface area (Å²) in [6.45, 7) is 0.938. The summed E-state index contributed by atoms with van der Waals surface area (Å²) < 4.78 is 21.6. The lowest BCUT2D eigenvalue weighted by atomic mass is 10.0. The van der Waals surface area contributed by atoms with Crippen molar-refractivity contribution < 1.29 is 28.8 Å². The monoisotopic (exact) mass is 300 g/mol. The number of hydrogen-bond donors (Lipinski definition) is 1. The van der Waals surface area contributed by atoms with Crippen LogP contribution in [0.1, 0.15) is 10.4 Å². The van der Waals surface area contributed by atoms with Gasteiger partial charge >= 0.3 is 5.97 Å². The SMILES string of the molecule is O=C(O)c1cc(-c2ccc3c(c2)OCO3)cc2c1OCCO2. The van der Waals surface area contributed by atoms with Gasteiger partial charge in [-0.1, -0.05) is 6.07 Å². The van der Waals surface area contributed by atoms with Gasteiger partial charge in [0, 0.05) is 0 Å². The van der Waals surface area contributed by atoms with Crippen LogP contribution >= 0.6 is 0 Å². The molecule has 6 heteroatoms. The van der Waals surface area contributed by atoms with Gasteiger partial charge in [0.15, 0.2) is 23.0 Å². The summed E-state index contributed by atoms with van der Waals surface area (Å²) in [5, 5.41) is 9.39. The lowest BCUT2D eigenvalue weighted by Crippen LogP contribution is -2.18. The molecule has 2 heterocycles. The van der Waals surface area contributed by atoms with Gasteiger partial charge in [-0.25, -0.2) is 4.79 Å². The molecule has 22 heavy (non-hydrogen) atoms. The molecule has 2 aliphatic rings. The highest BCUT2D eigenvalue weighted by molar-refractivity contribution is 5.94. The fourth-order valence-electron chi connectivity index (χ4n) is 2.56. The molecule has 2 aromatic carbocycles. The van der Waals surface area contributed by atoms with Gasteiger partial charge in [0.1, 0.15) is 18.8 Å². The average molecular weight is 300 g/mol. The first kappa shape index (κ1) is 12.8. The minimum absolute atomic E-state index is 0.0878. The molecule has 2 aliphatic heterocycles. The Balaban J connectivity index is 1.85. The minimum Gasteiger partial charge on any atom is -0.486 e. The predicted octanol–water partition coefficient (Wildman–Crippen LogP) is 2.55. The molecule has 0 spiro atoms. The third kappa shape index (κ3) is 2.00. The standard InChI is InChI=1S/C16H12O6/c17-16(18)11-5-10(7-14-15(11)20-4-3-19-14)9-1-2-12-13(6-9)22-8-21-12/h1-2,5-7H,3-4,8H2,(H,17,18). The normalized spacial score (nSPS) is 14.7. The molecule has 0 fully saturated rings. The average Bonchev–Trinajstić information content (AvgIpc) is 3.01. The first-order valence-electron chi connectivity index (χ1n) is 6.79. The maximum Gasteiger partial charge on any atom is 0.339 e. The Hall–Kier alpha value is -2.89. The molecule has 0 aromatic heterocycles. The molecule has 4 rings (SSSR count). The quantitative estimate of drug-likeness (QED) is 0.918. The van der Waals surface area contributed by atoms with Crippen LogP contribution in [0.25, 0.3) is 11.1 Å². The Morgan fingerprint density at radius 2 is 1.64 bits per heavy atom. The Kier molecular flexibility index (Phi) is 2.82. The maximum absolute atomic E-state index is 11.5. The molecule has 0 amide bonds. The second-order valence-corrected chi connectivity index (χ2v) is 4.92. The second-order valence-electron chi connectivity index (χ2n) is 4.92. The smallest absolute Gasteiger partial charge is 0.339 e.